The Balaban J connectivity index is 1.16. The molecule has 2 saturated heterocycles. The molecule has 3 heterocycles. The van der Waals surface area contributed by atoms with Crippen molar-refractivity contribution in [3.63, 3.8) is 0 Å². The van der Waals surface area contributed by atoms with Gasteiger partial charge in [0.25, 0.3) is 5.69 Å². The lowest BCUT2D eigenvalue weighted by Crippen LogP contribution is -2.50. The number of hydrogen-bond acceptors (Lipinski definition) is 7. The first kappa shape index (κ1) is 21.2. The van der Waals surface area contributed by atoms with Gasteiger partial charge < -0.3 is 19.3 Å². The summed E-state index contributed by atoms with van der Waals surface area (Å²) in [5, 5.41) is 11.0. The SMILES string of the molecule is O=C(C1CC(=O)N(c2ccc3c(c2)OCO3)C1)N1CCN(Cc2cccc([N+](=O)[O-])c2)CC1. The number of carbonyl (C=O) groups excluding carboxylic acids is 2. The van der Waals surface area contributed by atoms with Gasteiger partial charge in [-0.3, -0.25) is 24.6 Å². The predicted molar refractivity (Wildman–Crippen MR) is 118 cm³/mol. The number of benzene rings is 2. The van der Waals surface area contributed by atoms with Crippen LogP contribution in [0.2, 0.25) is 0 Å². The van der Waals surface area contributed by atoms with Crippen molar-refractivity contribution in [2.75, 3.05) is 44.4 Å². The molecule has 1 unspecified atom stereocenters. The maximum absolute atomic E-state index is 13.1. The van der Waals surface area contributed by atoms with Gasteiger partial charge in [0.2, 0.25) is 18.6 Å². The zero-order valence-corrected chi connectivity index (χ0v) is 18.0. The number of carbonyl (C=O) groups is 2. The van der Waals surface area contributed by atoms with E-state index in [0.717, 1.165) is 5.56 Å². The minimum Gasteiger partial charge on any atom is -0.454 e. The van der Waals surface area contributed by atoms with Crippen LogP contribution in [0.25, 0.3) is 0 Å². The molecule has 2 aromatic carbocycles. The third-order valence-electron chi connectivity index (χ3n) is 6.35. The Morgan fingerprint density at radius 3 is 2.64 bits per heavy atom. The van der Waals surface area contributed by atoms with E-state index in [9.17, 15) is 19.7 Å². The molecule has 0 N–H and O–H groups in total. The topological polar surface area (TPSA) is 105 Å². The summed E-state index contributed by atoms with van der Waals surface area (Å²) < 4.78 is 10.7. The highest BCUT2D eigenvalue weighted by Crippen LogP contribution is 2.37. The summed E-state index contributed by atoms with van der Waals surface area (Å²) in [5.74, 6) is 0.820. The summed E-state index contributed by atoms with van der Waals surface area (Å²) in [6.07, 6.45) is 0.196. The molecule has 10 heteroatoms. The fourth-order valence-electron chi connectivity index (χ4n) is 4.59. The molecular formula is C23H24N4O6. The first-order valence-corrected chi connectivity index (χ1v) is 10.9. The van der Waals surface area contributed by atoms with Crippen LogP contribution in [0.5, 0.6) is 11.5 Å². The first-order valence-electron chi connectivity index (χ1n) is 10.9. The number of nitro benzene ring substituents is 1. The number of amides is 2. The minimum absolute atomic E-state index is 0.00147. The highest BCUT2D eigenvalue weighted by atomic mass is 16.7. The molecule has 3 aliphatic heterocycles. The van der Waals surface area contributed by atoms with E-state index in [0.29, 0.717) is 56.5 Å². The number of hydrogen-bond donors (Lipinski definition) is 0. The lowest BCUT2D eigenvalue weighted by Gasteiger charge is -2.35. The average molecular weight is 452 g/mol. The predicted octanol–water partition coefficient (Wildman–Crippen LogP) is 2.02. The van der Waals surface area contributed by atoms with Crippen molar-refractivity contribution in [2.45, 2.75) is 13.0 Å². The van der Waals surface area contributed by atoms with Crippen molar-refractivity contribution in [1.29, 1.82) is 0 Å². The molecule has 0 radical (unpaired) electrons. The molecule has 172 valence electrons. The van der Waals surface area contributed by atoms with Crippen molar-refractivity contribution < 1.29 is 24.0 Å². The van der Waals surface area contributed by atoms with E-state index < -0.39 is 4.92 Å². The molecule has 0 bridgehead atoms. The van der Waals surface area contributed by atoms with Crippen molar-refractivity contribution in [1.82, 2.24) is 9.80 Å². The molecule has 2 aromatic rings. The molecular weight excluding hydrogens is 428 g/mol. The highest BCUT2D eigenvalue weighted by molar-refractivity contribution is 6.00. The van der Waals surface area contributed by atoms with Gasteiger partial charge in [0, 0.05) is 69.6 Å². The van der Waals surface area contributed by atoms with Crippen LogP contribution < -0.4 is 14.4 Å². The van der Waals surface area contributed by atoms with E-state index in [-0.39, 0.29) is 36.6 Å². The van der Waals surface area contributed by atoms with Gasteiger partial charge in [0.1, 0.15) is 0 Å². The van der Waals surface area contributed by atoms with Crippen LogP contribution in [0.4, 0.5) is 11.4 Å². The number of anilines is 1. The van der Waals surface area contributed by atoms with Gasteiger partial charge in [-0.2, -0.15) is 0 Å². The van der Waals surface area contributed by atoms with Crippen LogP contribution in [0.1, 0.15) is 12.0 Å². The summed E-state index contributed by atoms with van der Waals surface area (Å²) in [7, 11) is 0. The molecule has 1 atom stereocenters. The van der Waals surface area contributed by atoms with E-state index in [1.807, 2.05) is 17.0 Å². The van der Waals surface area contributed by atoms with Gasteiger partial charge >= 0.3 is 0 Å². The smallest absolute Gasteiger partial charge is 0.269 e. The second kappa shape index (κ2) is 8.70. The minimum atomic E-state index is -0.393. The Bertz CT molecular complexity index is 1100. The zero-order valence-electron chi connectivity index (χ0n) is 18.0. The maximum atomic E-state index is 13.1. The van der Waals surface area contributed by atoms with Crippen molar-refractivity contribution in [3.05, 3.63) is 58.1 Å². The molecule has 0 spiro atoms. The standard InChI is InChI=1S/C23H24N4O6/c28-22-11-17(14-26(22)18-4-5-20-21(12-18)33-15-32-20)23(29)25-8-6-24(7-9-25)13-16-2-1-3-19(10-16)27(30)31/h1-5,10,12,17H,6-9,11,13-15H2. The lowest BCUT2D eigenvalue weighted by molar-refractivity contribution is -0.384. The number of ether oxygens (including phenoxy) is 2. The van der Waals surface area contributed by atoms with Crippen molar-refractivity contribution in [2.24, 2.45) is 5.92 Å². The summed E-state index contributed by atoms with van der Waals surface area (Å²) >= 11 is 0. The van der Waals surface area contributed by atoms with Gasteiger partial charge in [0.05, 0.1) is 10.8 Å². The quantitative estimate of drug-likeness (QED) is 0.505. The van der Waals surface area contributed by atoms with Gasteiger partial charge in [0.15, 0.2) is 11.5 Å². The van der Waals surface area contributed by atoms with Gasteiger partial charge in [-0.15, -0.1) is 0 Å². The van der Waals surface area contributed by atoms with Crippen LogP contribution in [-0.4, -0.2) is 66.1 Å². The lowest BCUT2D eigenvalue weighted by atomic mass is 10.1. The van der Waals surface area contributed by atoms with E-state index in [1.54, 1.807) is 29.2 Å². The molecule has 5 rings (SSSR count). The third kappa shape index (κ3) is 4.34. The monoisotopic (exact) mass is 452 g/mol. The number of nitro groups is 1. The molecule has 33 heavy (non-hydrogen) atoms. The van der Waals surface area contributed by atoms with Crippen LogP contribution >= 0.6 is 0 Å². The van der Waals surface area contributed by atoms with Crippen LogP contribution in [0.15, 0.2) is 42.5 Å². The number of non-ortho nitro benzene ring substituents is 1. The average Bonchev–Trinajstić information content (AvgIpc) is 3.45. The van der Waals surface area contributed by atoms with E-state index in [1.165, 1.54) is 6.07 Å². The summed E-state index contributed by atoms with van der Waals surface area (Å²) in [4.78, 5) is 42.0. The second-order valence-corrected chi connectivity index (χ2v) is 8.47. The number of piperazine rings is 1. The summed E-state index contributed by atoms with van der Waals surface area (Å²) in [5.41, 5.74) is 1.67. The van der Waals surface area contributed by atoms with E-state index >= 15 is 0 Å². The Morgan fingerprint density at radius 1 is 1.06 bits per heavy atom. The van der Waals surface area contributed by atoms with Gasteiger partial charge in [-0.1, -0.05) is 12.1 Å². The number of rotatable bonds is 5. The Labute approximate surface area is 190 Å². The zero-order chi connectivity index (χ0) is 22.9. The normalized spacial score (nSPS) is 20.4. The van der Waals surface area contributed by atoms with E-state index in [4.69, 9.17) is 9.47 Å². The van der Waals surface area contributed by atoms with Crippen LogP contribution in [0, 0.1) is 16.0 Å². The first-order chi connectivity index (χ1) is 16.0. The third-order valence-corrected chi connectivity index (χ3v) is 6.35. The fraction of sp³-hybridized carbons (Fsp3) is 0.391. The largest absolute Gasteiger partial charge is 0.454 e. The Kier molecular flexibility index (Phi) is 5.59. The van der Waals surface area contributed by atoms with Crippen LogP contribution in [-0.2, 0) is 16.1 Å². The van der Waals surface area contributed by atoms with E-state index in [2.05, 4.69) is 4.90 Å². The van der Waals surface area contributed by atoms with Gasteiger partial charge in [-0.05, 0) is 17.7 Å². The molecule has 0 saturated carbocycles. The molecule has 2 amide bonds. The molecule has 0 aliphatic carbocycles. The maximum Gasteiger partial charge on any atom is 0.269 e. The second-order valence-electron chi connectivity index (χ2n) is 8.47. The van der Waals surface area contributed by atoms with Crippen LogP contribution in [0.3, 0.4) is 0 Å². The van der Waals surface area contributed by atoms with Gasteiger partial charge in [-0.25, -0.2) is 0 Å². The fourth-order valence-corrected chi connectivity index (χ4v) is 4.59. The molecule has 3 aliphatic rings. The molecule has 10 nitrogen and oxygen atoms in total. The summed E-state index contributed by atoms with van der Waals surface area (Å²) in [6.45, 7) is 3.63. The number of fused-ring (bicyclic) bond motifs is 1. The summed E-state index contributed by atoms with van der Waals surface area (Å²) in [6, 6.07) is 12.0. The Morgan fingerprint density at radius 2 is 1.85 bits per heavy atom. The molecule has 0 aromatic heterocycles. The van der Waals surface area contributed by atoms with Crippen molar-refractivity contribution in [3.8, 4) is 11.5 Å². The highest BCUT2D eigenvalue weighted by Gasteiger charge is 2.38. The van der Waals surface area contributed by atoms with Crippen molar-refractivity contribution >= 4 is 23.2 Å². The number of nitrogens with zero attached hydrogens (tertiary/aromatic N) is 4. The Hall–Kier alpha value is -3.66. The molecule has 2 fully saturated rings.